The molecule has 0 saturated carbocycles. The molecule has 2 aromatic rings. The molecule has 0 bridgehead atoms. The fourth-order valence-corrected chi connectivity index (χ4v) is 4.51. The molecule has 2 amide bonds. The van der Waals surface area contributed by atoms with Crippen LogP contribution in [0.3, 0.4) is 0 Å². The summed E-state index contributed by atoms with van der Waals surface area (Å²) in [5.74, 6) is -0.974. The molecule has 3 rings (SSSR count). The highest BCUT2D eigenvalue weighted by Crippen LogP contribution is 2.44. The average Bonchev–Trinajstić information content (AvgIpc) is 3.14. The van der Waals surface area contributed by atoms with Crippen molar-refractivity contribution in [3.63, 3.8) is 0 Å². The summed E-state index contributed by atoms with van der Waals surface area (Å²) < 4.78 is 5.60. The highest BCUT2D eigenvalue weighted by molar-refractivity contribution is 5.79. The number of carbonyl (C=O) groups is 3. The van der Waals surface area contributed by atoms with Crippen LogP contribution in [0.2, 0.25) is 0 Å². The maximum atomic E-state index is 12.5. The first-order chi connectivity index (χ1) is 16.7. The highest BCUT2D eigenvalue weighted by Gasteiger charge is 2.29. The lowest BCUT2D eigenvalue weighted by atomic mass is 9.84. The maximum Gasteiger partial charge on any atom is 0.407 e. The molecule has 0 radical (unpaired) electrons. The lowest BCUT2D eigenvalue weighted by Crippen LogP contribution is -2.40. The van der Waals surface area contributed by atoms with Crippen LogP contribution >= 0.6 is 0 Å². The number of nitrogens with one attached hydrogen (secondary N) is 2. The van der Waals surface area contributed by atoms with E-state index in [1.54, 1.807) is 0 Å². The Morgan fingerprint density at radius 2 is 1.60 bits per heavy atom. The van der Waals surface area contributed by atoms with Crippen LogP contribution < -0.4 is 10.6 Å². The van der Waals surface area contributed by atoms with Crippen molar-refractivity contribution >= 4 is 18.0 Å². The van der Waals surface area contributed by atoms with Gasteiger partial charge in [-0.05, 0) is 46.9 Å². The molecule has 7 nitrogen and oxygen atoms in total. The lowest BCUT2D eigenvalue weighted by Gasteiger charge is -2.24. The van der Waals surface area contributed by atoms with Gasteiger partial charge in [0, 0.05) is 31.3 Å². The van der Waals surface area contributed by atoms with Gasteiger partial charge in [-0.2, -0.15) is 0 Å². The van der Waals surface area contributed by atoms with E-state index in [0.717, 1.165) is 11.1 Å². The third-order valence-electron chi connectivity index (χ3n) is 6.73. The zero-order valence-electron chi connectivity index (χ0n) is 20.8. The Morgan fingerprint density at radius 1 is 1.00 bits per heavy atom. The monoisotopic (exact) mass is 480 g/mol. The van der Waals surface area contributed by atoms with Crippen molar-refractivity contribution in [3.05, 3.63) is 59.7 Å². The summed E-state index contributed by atoms with van der Waals surface area (Å²) in [6, 6.07) is 16.0. The van der Waals surface area contributed by atoms with Gasteiger partial charge in [-0.25, -0.2) is 4.79 Å². The van der Waals surface area contributed by atoms with Gasteiger partial charge in [0.1, 0.15) is 6.61 Å². The number of hydrogen-bond acceptors (Lipinski definition) is 4. The molecule has 0 fully saturated rings. The van der Waals surface area contributed by atoms with Gasteiger partial charge in [0.2, 0.25) is 5.91 Å². The number of benzene rings is 2. The third-order valence-corrected chi connectivity index (χ3v) is 6.73. The zero-order valence-corrected chi connectivity index (χ0v) is 20.8. The van der Waals surface area contributed by atoms with E-state index < -0.39 is 12.1 Å². The van der Waals surface area contributed by atoms with Gasteiger partial charge >= 0.3 is 12.1 Å². The highest BCUT2D eigenvalue weighted by atomic mass is 16.5. The smallest absolute Gasteiger partial charge is 0.407 e. The molecule has 188 valence electrons. The number of aliphatic carboxylic acids is 1. The van der Waals surface area contributed by atoms with E-state index >= 15 is 0 Å². The number of rotatable bonds is 12. The van der Waals surface area contributed by atoms with Gasteiger partial charge in [-0.3, -0.25) is 9.59 Å². The predicted molar refractivity (Wildman–Crippen MR) is 135 cm³/mol. The number of alkyl carbamates (subject to hydrolysis) is 1. The summed E-state index contributed by atoms with van der Waals surface area (Å²) in [7, 11) is 0. The molecule has 1 atom stereocenters. The van der Waals surface area contributed by atoms with Gasteiger partial charge in [-0.15, -0.1) is 0 Å². The molecule has 0 heterocycles. The molecule has 35 heavy (non-hydrogen) atoms. The van der Waals surface area contributed by atoms with Gasteiger partial charge in [-0.1, -0.05) is 69.3 Å². The number of carbonyl (C=O) groups excluding carboxylic acids is 2. The van der Waals surface area contributed by atoms with Crippen LogP contribution in [0.25, 0.3) is 11.1 Å². The van der Waals surface area contributed by atoms with Crippen LogP contribution in [0.4, 0.5) is 4.79 Å². The SMILES string of the molecule is CCC(CC(=O)NCCC(C)(C)CCC(=O)O)NC(=O)OCC1c2ccccc2-c2ccccc21. The summed E-state index contributed by atoms with van der Waals surface area (Å²) in [5, 5.41) is 14.6. The predicted octanol–water partition coefficient (Wildman–Crippen LogP) is 5.09. The molecule has 1 unspecified atom stereocenters. The van der Waals surface area contributed by atoms with Crippen LogP contribution in [-0.4, -0.2) is 42.3 Å². The average molecular weight is 481 g/mol. The van der Waals surface area contributed by atoms with Gasteiger partial charge < -0.3 is 20.5 Å². The standard InChI is InChI=1S/C28H36N2O5/c1-4-19(17-25(31)29-16-15-28(2,3)14-13-26(32)33)30-27(34)35-18-24-22-11-7-5-9-20(22)21-10-6-8-12-23(21)24/h5-12,19,24H,4,13-18H2,1-3H3,(H,29,31)(H,30,34)(H,32,33). The molecule has 7 heteroatoms. The normalized spacial score (nSPS) is 13.5. The molecule has 0 spiro atoms. The first kappa shape index (κ1) is 26.3. The number of fused-ring (bicyclic) bond motifs is 3. The number of amides is 2. The summed E-state index contributed by atoms with van der Waals surface area (Å²) in [6.45, 7) is 6.60. The molecular formula is C28H36N2O5. The van der Waals surface area contributed by atoms with Gasteiger partial charge in [0.25, 0.3) is 0 Å². The number of carboxylic acid groups (broad SMARTS) is 1. The second-order valence-corrected chi connectivity index (χ2v) is 9.94. The van der Waals surface area contributed by atoms with E-state index in [4.69, 9.17) is 9.84 Å². The van der Waals surface area contributed by atoms with Crippen LogP contribution in [0.1, 0.15) is 69.9 Å². The third kappa shape index (κ3) is 7.31. The molecule has 3 N–H and O–H groups in total. The molecule has 0 aromatic heterocycles. The van der Waals surface area contributed by atoms with Crippen molar-refractivity contribution in [1.29, 1.82) is 0 Å². The van der Waals surface area contributed by atoms with Crippen molar-refractivity contribution in [2.45, 2.75) is 64.8 Å². The van der Waals surface area contributed by atoms with E-state index in [1.807, 2.05) is 45.0 Å². The van der Waals surface area contributed by atoms with Gasteiger partial charge in [0.05, 0.1) is 0 Å². The van der Waals surface area contributed by atoms with E-state index in [-0.39, 0.29) is 42.7 Å². The minimum atomic E-state index is -0.813. The number of hydrogen-bond donors (Lipinski definition) is 3. The molecule has 1 aliphatic rings. The Morgan fingerprint density at radius 3 is 2.17 bits per heavy atom. The Hall–Kier alpha value is -3.35. The quantitative estimate of drug-likeness (QED) is 0.392. The fourth-order valence-electron chi connectivity index (χ4n) is 4.51. The largest absolute Gasteiger partial charge is 0.481 e. The molecule has 0 aliphatic heterocycles. The van der Waals surface area contributed by atoms with Crippen molar-refractivity contribution in [2.24, 2.45) is 5.41 Å². The minimum absolute atomic E-state index is 0.0130. The molecule has 1 aliphatic carbocycles. The first-order valence-corrected chi connectivity index (χ1v) is 12.3. The number of carboxylic acids is 1. The summed E-state index contributed by atoms with van der Waals surface area (Å²) in [5.41, 5.74) is 4.48. The second kappa shape index (κ2) is 11.9. The van der Waals surface area contributed by atoms with E-state index in [0.29, 0.717) is 25.8 Å². The fraction of sp³-hybridized carbons (Fsp3) is 0.464. The van der Waals surface area contributed by atoms with Crippen molar-refractivity contribution in [3.8, 4) is 11.1 Å². The molecule has 2 aromatic carbocycles. The zero-order chi connectivity index (χ0) is 25.4. The lowest BCUT2D eigenvalue weighted by molar-refractivity contribution is -0.137. The summed E-state index contributed by atoms with van der Waals surface area (Å²) in [6.07, 6.45) is 1.59. The van der Waals surface area contributed by atoms with E-state index in [9.17, 15) is 14.4 Å². The maximum absolute atomic E-state index is 12.5. The van der Waals surface area contributed by atoms with Crippen molar-refractivity contribution in [2.75, 3.05) is 13.2 Å². The van der Waals surface area contributed by atoms with E-state index in [2.05, 4.69) is 34.9 Å². The van der Waals surface area contributed by atoms with Crippen molar-refractivity contribution < 1.29 is 24.2 Å². The van der Waals surface area contributed by atoms with Crippen LogP contribution in [-0.2, 0) is 14.3 Å². The summed E-state index contributed by atoms with van der Waals surface area (Å²) >= 11 is 0. The van der Waals surface area contributed by atoms with Crippen molar-refractivity contribution in [1.82, 2.24) is 10.6 Å². The van der Waals surface area contributed by atoms with Crippen LogP contribution in [0.5, 0.6) is 0 Å². The minimum Gasteiger partial charge on any atom is -0.481 e. The Labute approximate surface area is 207 Å². The first-order valence-electron chi connectivity index (χ1n) is 12.3. The van der Waals surface area contributed by atoms with Gasteiger partial charge in [0.15, 0.2) is 0 Å². The van der Waals surface area contributed by atoms with E-state index in [1.165, 1.54) is 11.1 Å². The Balaban J connectivity index is 1.45. The molecule has 0 saturated heterocycles. The number of ether oxygens (including phenoxy) is 1. The van der Waals surface area contributed by atoms with Crippen LogP contribution in [0, 0.1) is 5.41 Å². The summed E-state index contributed by atoms with van der Waals surface area (Å²) in [4.78, 5) is 35.7. The second-order valence-electron chi connectivity index (χ2n) is 9.94. The van der Waals surface area contributed by atoms with Crippen LogP contribution in [0.15, 0.2) is 48.5 Å². The Kier molecular flexibility index (Phi) is 8.90. The Bertz CT molecular complexity index is 1000. The molecular weight excluding hydrogens is 444 g/mol. The topological polar surface area (TPSA) is 105 Å².